The second-order valence-corrected chi connectivity index (χ2v) is 6.18. The van der Waals surface area contributed by atoms with Crippen LogP contribution in [0.3, 0.4) is 0 Å². The van der Waals surface area contributed by atoms with E-state index in [1.165, 1.54) is 6.42 Å². The molecule has 0 aliphatic carbocycles. The van der Waals surface area contributed by atoms with Gasteiger partial charge in [-0.25, -0.2) is 0 Å². The van der Waals surface area contributed by atoms with Gasteiger partial charge in [-0.15, -0.1) is 0 Å². The van der Waals surface area contributed by atoms with E-state index in [0.29, 0.717) is 19.0 Å². The Morgan fingerprint density at radius 2 is 2.10 bits per heavy atom. The van der Waals surface area contributed by atoms with Gasteiger partial charge in [0.05, 0.1) is 5.92 Å². The van der Waals surface area contributed by atoms with Gasteiger partial charge in [0.1, 0.15) is 0 Å². The number of rotatable bonds is 5. The normalized spacial score (nSPS) is 27.2. The van der Waals surface area contributed by atoms with Crippen molar-refractivity contribution < 1.29 is 9.59 Å². The van der Waals surface area contributed by atoms with Crippen LogP contribution in [-0.2, 0) is 9.59 Å². The Balaban J connectivity index is 1.94. The van der Waals surface area contributed by atoms with Gasteiger partial charge in [-0.2, -0.15) is 0 Å². The standard InChI is InChI=1S/C16H28N2O2/c1-3-5-9-17-12-13(11-15(17)19)16(20)18-10-7-6-8-14(18)4-2/h13-14H,3-12H2,1-2H3/t13-,14+/m0/s1. The molecule has 0 aromatic heterocycles. The van der Waals surface area contributed by atoms with E-state index in [-0.39, 0.29) is 17.7 Å². The lowest BCUT2D eigenvalue weighted by Crippen LogP contribution is -2.46. The van der Waals surface area contributed by atoms with Crippen LogP contribution >= 0.6 is 0 Å². The van der Waals surface area contributed by atoms with Crippen LogP contribution in [0.4, 0.5) is 0 Å². The van der Waals surface area contributed by atoms with Gasteiger partial charge in [-0.1, -0.05) is 20.3 Å². The van der Waals surface area contributed by atoms with E-state index in [9.17, 15) is 9.59 Å². The molecule has 2 amide bonds. The van der Waals surface area contributed by atoms with Crippen LogP contribution in [0.15, 0.2) is 0 Å². The minimum absolute atomic E-state index is 0.0912. The van der Waals surface area contributed by atoms with Gasteiger partial charge in [0.2, 0.25) is 11.8 Å². The lowest BCUT2D eigenvalue weighted by Gasteiger charge is -2.36. The van der Waals surface area contributed by atoms with Crippen LogP contribution in [0.25, 0.3) is 0 Å². The van der Waals surface area contributed by atoms with E-state index < -0.39 is 0 Å². The Labute approximate surface area is 122 Å². The third-order valence-electron chi connectivity index (χ3n) is 4.73. The van der Waals surface area contributed by atoms with Gasteiger partial charge in [0.25, 0.3) is 0 Å². The highest BCUT2D eigenvalue weighted by molar-refractivity contribution is 5.89. The van der Waals surface area contributed by atoms with Gasteiger partial charge >= 0.3 is 0 Å². The highest BCUT2D eigenvalue weighted by Gasteiger charge is 2.38. The molecule has 4 nitrogen and oxygen atoms in total. The summed E-state index contributed by atoms with van der Waals surface area (Å²) in [7, 11) is 0. The lowest BCUT2D eigenvalue weighted by molar-refractivity contribution is -0.139. The monoisotopic (exact) mass is 280 g/mol. The maximum Gasteiger partial charge on any atom is 0.228 e. The summed E-state index contributed by atoms with van der Waals surface area (Å²) in [6.07, 6.45) is 7.06. The van der Waals surface area contributed by atoms with Crippen LogP contribution in [-0.4, -0.2) is 47.3 Å². The summed E-state index contributed by atoms with van der Waals surface area (Å²) in [5.74, 6) is 0.303. The summed E-state index contributed by atoms with van der Waals surface area (Å²) in [5, 5.41) is 0. The number of piperidine rings is 1. The smallest absolute Gasteiger partial charge is 0.228 e. The van der Waals surface area contributed by atoms with E-state index >= 15 is 0 Å². The molecule has 2 fully saturated rings. The first-order valence-electron chi connectivity index (χ1n) is 8.25. The average Bonchev–Trinajstić information content (AvgIpc) is 2.85. The highest BCUT2D eigenvalue weighted by Crippen LogP contribution is 2.26. The molecule has 0 spiro atoms. The second-order valence-electron chi connectivity index (χ2n) is 6.18. The fourth-order valence-electron chi connectivity index (χ4n) is 3.45. The van der Waals surface area contributed by atoms with Crippen molar-refractivity contribution in [3.05, 3.63) is 0 Å². The summed E-state index contributed by atoms with van der Waals surface area (Å²) in [4.78, 5) is 28.6. The third kappa shape index (κ3) is 3.33. The van der Waals surface area contributed by atoms with Crippen molar-refractivity contribution >= 4 is 11.8 Å². The van der Waals surface area contributed by atoms with Crippen molar-refractivity contribution in [2.45, 2.75) is 64.8 Å². The molecular weight excluding hydrogens is 252 g/mol. The minimum atomic E-state index is -0.0912. The van der Waals surface area contributed by atoms with E-state index in [4.69, 9.17) is 0 Å². The Morgan fingerprint density at radius 1 is 1.30 bits per heavy atom. The molecule has 0 aromatic rings. The summed E-state index contributed by atoms with van der Waals surface area (Å²) < 4.78 is 0. The number of carbonyl (C=O) groups is 2. The third-order valence-corrected chi connectivity index (χ3v) is 4.73. The fraction of sp³-hybridized carbons (Fsp3) is 0.875. The molecule has 0 radical (unpaired) electrons. The van der Waals surface area contributed by atoms with Crippen LogP contribution in [0.1, 0.15) is 58.8 Å². The fourth-order valence-corrected chi connectivity index (χ4v) is 3.45. The number of hydrogen-bond donors (Lipinski definition) is 0. The van der Waals surface area contributed by atoms with E-state index in [0.717, 1.165) is 45.2 Å². The minimum Gasteiger partial charge on any atom is -0.342 e. The van der Waals surface area contributed by atoms with Gasteiger partial charge in [0.15, 0.2) is 0 Å². The number of nitrogens with zero attached hydrogens (tertiary/aromatic N) is 2. The number of carbonyl (C=O) groups excluding carboxylic acids is 2. The molecule has 4 heteroatoms. The molecule has 0 aromatic carbocycles. The predicted molar refractivity (Wildman–Crippen MR) is 79.2 cm³/mol. The Kier molecular flexibility index (Phi) is 5.44. The van der Waals surface area contributed by atoms with Crippen molar-refractivity contribution in [2.75, 3.05) is 19.6 Å². The summed E-state index contributed by atoms with van der Waals surface area (Å²) in [6, 6.07) is 0.399. The van der Waals surface area contributed by atoms with Crippen molar-refractivity contribution in [1.29, 1.82) is 0 Å². The molecule has 2 rings (SSSR count). The summed E-state index contributed by atoms with van der Waals surface area (Å²) >= 11 is 0. The first-order chi connectivity index (χ1) is 9.67. The average molecular weight is 280 g/mol. The zero-order valence-corrected chi connectivity index (χ0v) is 12.9. The van der Waals surface area contributed by atoms with E-state index in [1.54, 1.807) is 0 Å². The van der Waals surface area contributed by atoms with Crippen LogP contribution < -0.4 is 0 Å². The molecule has 0 saturated carbocycles. The van der Waals surface area contributed by atoms with Gasteiger partial charge in [-0.05, 0) is 32.1 Å². The zero-order valence-electron chi connectivity index (χ0n) is 12.9. The molecule has 0 N–H and O–H groups in total. The Morgan fingerprint density at radius 3 is 2.80 bits per heavy atom. The molecule has 0 bridgehead atoms. The second kappa shape index (κ2) is 7.09. The number of likely N-dealkylation sites (tertiary alicyclic amines) is 2. The molecule has 2 aliphatic heterocycles. The Hall–Kier alpha value is -1.06. The SMILES string of the molecule is CCCCN1C[C@@H](C(=O)N2CCCC[C@H]2CC)CC1=O. The highest BCUT2D eigenvalue weighted by atomic mass is 16.2. The molecule has 2 saturated heterocycles. The van der Waals surface area contributed by atoms with Gasteiger partial charge in [-0.3, -0.25) is 9.59 Å². The van der Waals surface area contributed by atoms with Gasteiger partial charge < -0.3 is 9.80 Å². The number of amides is 2. The Bertz CT molecular complexity index is 356. The first kappa shape index (κ1) is 15.3. The van der Waals surface area contributed by atoms with E-state index in [1.807, 2.05) is 4.90 Å². The van der Waals surface area contributed by atoms with Crippen molar-refractivity contribution in [2.24, 2.45) is 5.92 Å². The van der Waals surface area contributed by atoms with Gasteiger partial charge in [0, 0.05) is 32.1 Å². The first-order valence-corrected chi connectivity index (χ1v) is 8.25. The lowest BCUT2D eigenvalue weighted by atomic mass is 9.97. The van der Waals surface area contributed by atoms with Crippen LogP contribution in [0, 0.1) is 5.92 Å². The topological polar surface area (TPSA) is 40.6 Å². The largest absolute Gasteiger partial charge is 0.342 e. The van der Waals surface area contributed by atoms with Crippen LogP contribution in [0.2, 0.25) is 0 Å². The van der Waals surface area contributed by atoms with Crippen molar-refractivity contribution in [3.63, 3.8) is 0 Å². The molecule has 0 unspecified atom stereocenters. The predicted octanol–water partition coefficient (Wildman–Crippen LogP) is 2.43. The molecule has 114 valence electrons. The van der Waals surface area contributed by atoms with Crippen molar-refractivity contribution in [1.82, 2.24) is 9.80 Å². The maximum atomic E-state index is 12.7. The van der Waals surface area contributed by atoms with E-state index in [2.05, 4.69) is 18.7 Å². The summed E-state index contributed by atoms with van der Waals surface area (Å²) in [5.41, 5.74) is 0. The zero-order chi connectivity index (χ0) is 14.5. The number of hydrogen-bond acceptors (Lipinski definition) is 2. The quantitative estimate of drug-likeness (QED) is 0.776. The number of unbranched alkanes of at least 4 members (excludes halogenated alkanes) is 1. The molecule has 2 heterocycles. The molecular formula is C16H28N2O2. The summed E-state index contributed by atoms with van der Waals surface area (Å²) in [6.45, 7) is 6.63. The maximum absolute atomic E-state index is 12.7. The molecule has 2 atom stereocenters. The molecule has 2 aliphatic rings. The van der Waals surface area contributed by atoms with Crippen molar-refractivity contribution in [3.8, 4) is 0 Å². The van der Waals surface area contributed by atoms with Crippen LogP contribution in [0.5, 0.6) is 0 Å². The molecule has 20 heavy (non-hydrogen) atoms.